The van der Waals surface area contributed by atoms with Gasteiger partial charge in [-0.15, -0.1) is 11.8 Å². The fourth-order valence-electron chi connectivity index (χ4n) is 4.91. The molecule has 0 unspecified atom stereocenters. The number of nitrogens with one attached hydrogen (secondary N) is 4. The SMILES string of the molecule is NCCCc1cc(NC(=O)Nc2cc(C(F)(F)F)cc(NC(=O)CCCCN=C(N)N)c2SCCN)ccc1Oc1cc(NCCN)cc(C(F)(F)F)c1. The Morgan fingerprint density at radius 1 is 0.759 bits per heavy atom. The van der Waals surface area contributed by atoms with E-state index in [1.165, 1.54) is 24.3 Å². The van der Waals surface area contributed by atoms with Gasteiger partial charge in [-0.05, 0) is 80.3 Å². The lowest BCUT2D eigenvalue weighted by atomic mass is 10.1. The number of carbonyl (C=O) groups is 2. The molecule has 0 radical (unpaired) electrons. The molecule has 3 aromatic rings. The predicted molar refractivity (Wildman–Crippen MR) is 200 cm³/mol. The third-order valence-electron chi connectivity index (χ3n) is 7.31. The van der Waals surface area contributed by atoms with Crippen molar-refractivity contribution in [2.75, 3.05) is 59.7 Å². The topological polar surface area (TPSA) is 234 Å². The average molecular weight is 787 g/mol. The summed E-state index contributed by atoms with van der Waals surface area (Å²) >= 11 is 1.04. The third-order valence-corrected chi connectivity index (χ3v) is 8.48. The highest BCUT2D eigenvalue weighted by Crippen LogP contribution is 2.42. The first-order valence-electron chi connectivity index (χ1n) is 16.7. The maximum absolute atomic E-state index is 14.0. The van der Waals surface area contributed by atoms with Gasteiger partial charge in [0.25, 0.3) is 0 Å². The van der Waals surface area contributed by atoms with E-state index in [0.717, 1.165) is 36.0 Å². The quantitative estimate of drug-likeness (QED) is 0.0231. The Labute approximate surface area is 312 Å². The highest BCUT2D eigenvalue weighted by Gasteiger charge is 2.33. The number of halogens is 6. The molecule has 296 valence electrons. The lowest BCUT2D eigenvalue weighted by Crippen LogP contribution is -2.23. The first-order chi connectivity index (χ1) is 25.5. The van der Waals surface area contributed by atoms with Gasteiger partial charge in [-0.2, -0.15) is 26.3 Å². The van der Waals surface area contributed by atoms with Crippen LogP contribution in [-0.4, -0.2) is 56.4 Å². The lowest BCUT2D eigenvalue weighted by molar-refractivity contribution is -0.138. The molecule has 3 amide bonds. The Bertz CT molecular complexity index is 1750. The number of hydrogen-bond acceptors (Lipinski definition) is 9. The van der Waals surface area contributed by atoms with Crippen LogP contribution in [-0.2, 0) is 23.6 Å². The van der Waals surface area contributed by atoms with E-state index in [9.17, 15) is 35.9 Å². The molecule has 0 saturated carbocycles. The van der Waals surface area contributed by atoms with Crippen LogP contribution in [0.4, 0.5) is 53.9 Å². The van der Waals surface area contributed by atoms with E-state index in [1.54, 1.807) is 0 Å². The van der Waals surface area contributed by atoms with Crippen LogP contribution >= 0.6 is 11.8 Å². The first kappa shape index (κ1) is 43.5. The Balaban J connectivity index is 1.90. The van der Waals surface area contributed by atoms with Crippen LogP contribution < -0.4 is 54.7 Å². The van der Waals surface area contributed by atoms with Crippen LogP contribution in [0.2, 0.25) is 0 Å². The summed E-state index contributed by atoms with van der Waals surface area (Å²) in [5.74, 6) is -0.353. The molecular formula is C34H44F6N10O3S. The van der Waals surface area contributed by atoms with E-state index >= 15 is 0 Å². The molecule has 0 aliphatic carbocycles. The van der Waals surface area contributed by atoms with Gasteiger partial charge in [0.15, 0.2) is 5.96 Å². The zero-order valence-corrected chi connectivity index (χ0v) is 29.9. The van der Waals surface area contributed by atoms with Gasteiger partial charge in [0.05, 0.1) is 27.4 Å². The van der Waals surface area contributed by atoms with Gasteiger partial charge >= 0.3 is 18.4 Å². The molecule has 0 atom stereocenters. The van der Waals surface area contributed by atoms with Crippen LogP contribution in [0.5, 0.6) is 11.5 Å². The van der Waals surface area contributed by atoms with Crippen molar-refractivity contribution in [3.05, 3.63) is 65.2 Å². The number of amides is 3. The van der Waals surface area contributed by atoms with Crippen LogP contribution in [0.3, 0.4) is 0 Å². The van der Waals surface area contributed by atoms with Gasteiger partial charge in [-0.3, -0.25) is 9.79 Å². The van der Waals surface area contributed by atoms with E-state index in [1.807, 2.05) is 0 Å². The summed E-state index contributed by atoms with van der Waals surface area (Å²) in [6.45, 7) is 1.08. The number of unbranched alkanes of at least 4 members (excludes halogenated alkanes) is 1. The summed E-state index contributed by atoms with van der Waals surface area (Å²) in [6, 6.07) is 8.14. The second kappa shape index (κ2) is 20.5. The zero-order chi connectivity index (χ0) is 39.9. The van der Waals surface area contributed by atoms with E-state index in [-0.39, 0.29) is 90.0 Å². The molecule has 20 heteroatoms. The van der Waals surface area contributed by atoms with E-state index in [0.29, 0.717) is 31.2 Å². The summed E-state index contributed by atoms with van der Waals surface area (Å²) in [7, 11) is 0. The van der Waals surface area contributed by atoms with Gasteiger partial charge < -0.3 is 54.7 Å². The highest BCUT2D eigenvalue weighted by molar-refractivity contribution is 7.99. The molecule has 0 heterocycles. The number of aryl methyl sites for hydroxylation is 1. The Hall–Kier alpha value is -4.92. The van der Waals surface area contributed by atoms with Crippen molar-refractivity contribution in [3.63, 3.8) is 0 Å². The third kappa shape index (κ3) is 14.1. The second-order valence-corrected chi connectivity index (χ2v) is 12.8. The minimum absolute atomic E-state index is 0.0349. The first-order valence-corrected chi connectivity index (χ1v) is 17.7. The number of hydrogen-bond donors (Lipinski definition) is 9. The molecule has 13 nitrogen and oxygen atoms in total. The lowest BCUT2D eigenvalue weighted by Gasteiger charge is -2.20. The van der Waals surface area contributed by atoms with Gasteiger partial charge in [0, 0.05) is 55.8 Å². The standard InChI is InChI=1S/C34H44F6N10O3S/c35-33(36,37)21-15-24(46-12-9-42)19-25(16-21)53-28-7-6-23(14-20(28)4-3-8-41)48-32(52)50-27-18-22(34(38,39)40)17-26(30(27)54-13-10-43)49-29(51)5-1-2-11-47-31(44)45/h6-7,14-19,46H,1-5,8-13,41-43H2,(H,49,51)(H4,44,45,47)(H2,48,50,52). The molecule has 0 aromatic heterocycles. The fourth-order valence-corrected chi connectivity index (χ4v) is 5.76. The number of nitrogens with two attached hydrogens (primary N) is 5. The number of ether oxygens (including phenoxy) is 1. The van der Waals surface area contributed by atoms with Crippen molar-refractivity contribution < 1.29 is 40.7 Å². The summed E-state index contributed by atoms with van der Waals surface area (Å²) in [5, 5.41) is 10.3. The molecule has 3 aromatic carbocycles. The average Bonchev–Trinajstić information content (AvgIpc) is 3.09. The molecular weight excluding hydrogens is 742 g/mol. The number of carbonyl (C=O) groups excluding carboxylic acids is 2. The molecule has 3 rings (SSSR count). The molecule has 0 fully saturated rings. The van der Waals surface area contributed by atoms with E-state index < -0.39 is 35.4 Å². The van der Waals surface area contributed by atoms with Gasteiger partial charge in [-0.25, -0.2) is 4.79 Å². The van der Waals surface area contributed by atoms with Crippen LogP contribution in [0, 0.1) is 0 Å². The van der Waals surface area contributed by atoms with Crippen molar-refractivity contribution in [1.29, 1.82) is 0 Å². The molecule has 0 aliphatic rings. The molecule has 0 saturated heterocycles. The molecule has 0 spiro atoms. The highest BCUT2D eigenvalue weighted by atomic mass is 32.2. The number of urea groups is 1. The van der Waals surface area contributed by atoms with Gasteiger partial charge in [0.1, 0.15) is 11.5 Å². The van der Waals surface area contributed by atoms with Gasteiger partial charge in [-0.1, -0.05) is 0 Å². The monoisotopic (exact) mass is 786 g/mol. The predicted octanol–water partition coefficient (Wildman–Crippen LogP) is 5.86. The van der Waals surface area contributed by atoms with Crippen LogP contribution in [0.1, 0.15) is 42.4 Å². The number of guanidine groups is 1. The molecule has 0 bridgehead atoms. The Morgan fingerprint density at radius 2 is 1.44 bits per heavy atom. The number of benzene rings is 3. The second-order valence-electron chi connectivity index (χ2n) is 11.7. The maximum atomic E-state index is 14.0. The van der Waals surface area contributed by atoms with Crippen molar-refractivity contribution in [1.82, 2.24) is 0 Å². The van der Waals surface area contributed by atoms with Crippen molar-refractivity contribution in [2.45, 2.75) is 49.4 Å². The van der Waals surface area contributed by atoms with E-state index in [4.69, 9.17) is 33.4 Å². The Kier molecular flexibility index (Phi) is 16.5. The van der Waals surface area contributed by atoms with Crippen LogP contribution in [0.25, 0.3) is 0 Å². The maximum Gasteiger partial charge on any atom is 0.416 e. The smallest absolute Gasteiger partial charge is 0.416 e. The van der Waals surface area contributed by atoms with Crippen molar-refractivity contribution in [2.24, 2.45) is 33.7 Å². The van der Waals surface area contributed by atoms with Crippen molar-refractivity contribution >= 4 is 52.4 Å². The number of rotatable bonds is 19. The normalized spacial score (nSPS) is 11.5. The van der Waals surface area contributed by atoms with Gasteiger partial charge in [0.2, 0.25) is 5.91 Å². The molecule has 54 heavy (non-hydrogen) atoms. The Morgan fingerprint density at radius 3 is 2.07 bits per heavy atom. The minimum Gasteiger partial charge on any atom is -0.457 e. The number of thioether (sulfide) groups is 1. The molecule has 0 aliphatic heterocycles. The number of aliphatic imine (C=N–C) groups is 1. The van der Waals surface area contributed by atoms with Crippen LogP contribution in [0.15, 0.2) is 58.4 Å². The number of nitrogens with zero attached hydrogens (tertiary/aromatic N) is 1. The minimum atomic E-state index is -4.84. The fraction of sp³-hybridized carbons (Fsp3) is 0.382. The zero-order valence-electron chi connectivity index (χ0n) is 29.1. The number of anilines is 4. The number of alkyl halides is 6. The van der Waals surface area contributed by atoms with Crippen molar-refractivity contribution in [3.8, 4) is 11.5 Å². The summed E-state index contributed by atoms with van der Waals surface area (Å²) in [4.78, 5) is 30.0. The van der Waals surface area contributed by atoms with E-state index in [2.05, 4.69) is 26.3 Å². The molecule has 14 N–H and O–H groups in total. The summed E-state index contributed by atoms with van der Waals surface area (Å²) < 4.78 is 88.9. The summed E-state index contributed by atoms with van der Waals surface area (Å²) in [5.41, 5.74) is 25.8. The summed E-state index contributed by atoms with van der Waals surface area (Å²) in [6.07, 6.45) is -7.96. The largest absolute Gasteiger partial charge is 0.457 e.